The van der Waals surface area contributed by atoms with Crippen LogP contribution in [0.25, 0.3) is 0 Å². The zero-order chi connectivity index (χ0) is 13.1. The van der Waals surface area contributed by atoms with Gasteiger partial charge in [-0.25, -0.2) is 0 Å². The van der Waals surface area contributed by atoms with Gasteiger partial charge < -0.3 is 10.1 Å². The molecule has 1 saturated heterocycles. The van der Waals surface area contributed by atoms with E-state index in [9.17, 15) is 0 Å². The van der Waals surface area contributed by atoms with Crippen molar-refractivity contribution in [3.05, 3.63) is 33.8 Å². The van der Waals surface area contributed by atoms with Crippen molar-refractivity contribution in [2.24, 2.45) is 5.92 Å². The second-order valence-electron chi connectivity index (χ2n) is 4.94. The molecule has 3 unspecified atom stereocenters. The molecule has 1 N–H and O–H groups in total. The molecular formula is C14H19Cl2NO. The standard InChI is InChI=1S/C14H19Cl2NO/c1-9-5-6-18-14(9)13(17-2)7-10-3-4-11(15)8-12(10)16/h3-4,8-9,13-14,17H,5-7H2,1-2H3. The smallest absolute Gasteiger partial charge is 0.0757 e. The predicted molar refractivity (Wildman–Crippen MR) is 76.5 cm³/mol. The third-order valence-corrected chi connectivity index (χ3v) is 4.25. The van der Waals surface area contributed by atoms with Crippen LogP contribution in [0.4, 0.5) is 0 Å². The molecule has 0 aromatic heterocycles. The van der Waals surface area contributed by atoms with E-state index in [-0.39, 0.29) is 6.10 Å². The van der Waals surface area contributed by atoms with Crippen LogP contribution in [0.15, 0.2) is 18.2 Å². The van der Waals surface area contributed by atoms with Crippen molar-refractivity contribution in [3.8, 4) is 0 Å². The minimum atomic E-state index is 0.266. The number of halogens is 2. The lowest BCUT2D eigenvalue weighted by molar-refractivity contribution is 0.0634. The number of ether oxygens (including phenoxy) is 1. The SMILES string of the molecule is CNC(Cc1ccc(Cl)cc1Cl)C1OCCC1C. The van der Waals surface area contributed by atoms with Gasteiger partial charge in [-0.05, 0) is 43.5 Å². The highest BCUT2D eigenvalue weighted by molar-refractivity contribution is 6.35. The highest BCUT2D eigenvalue weighted by Crippen LogP contribution is 2.27. The van der Waals surface area contributed by atoms with E-state index < -0.39 is 0 Å². The molecule has 0 bridgehead atoms. The molecule has 0 radical (unpaired) electrons. The van der Waals surface area contributed by atoms with E-state index in [1.165, 1.54) is 0 Å². The minimum Gasteiger partial charge on any atom is -0.376 e. The molecule has 2 rings (SSSR count). The molecule has 0 spiro atoms. The summed E-state index contributed by atoms with van der Waals surface area (Å²) in [6.45, 7) is 3.10. The number of benzene rings is 1. The molecule has 0 saturated carbocycles. The number of hydrogen-bond acceptors (Lipinski definition) is 2. The first-order chi connectivity index (χ1) is 8.61. The van der Waals surface area contributed by atoms with Crippen molar-refractivity contribution in [1.82, 2.24) is 5.32 Å². The molecule has 1 aromatic carbocycles. The van der Waals surface area contributed by atoms with Crippen LogP contribution < -0.4 is 5.32 Å². The summed E-state index contributed by atoms with van der Waals surface area (Å²) >= 11 is 12.1. The molecule has 0 aliphatic carbocycles. The summed E-state index contributed by atoms with van der Waals surface area (Å²) < 4.78 is 5.82. The summed E-state index contributed by atoms with van der Waals surface area (Å²) in [6.07, 6.45) is 2.26. The maximum absolute atomic E-state index is 6.22. The maximum atomic E-state index is 6.22. The first-order valence-corrected chi connectivity index (χ1v) is 7.10. The van der Waals surface area contributed by atoms with Crippen LogP contribution in [-0.2, 0) is 11.2 Å². The number of hydrogen-bond donors (Lipinski definition) is 1. The van der Waals surface area contributed by atoms with E-state index in [0.29, 0.717) is 17.0 Å². The van der Waals surface area contributed by atoms with Gasteiger partial charge in [-0.2, -0.15) is 0 Å². The zero-order valence-electron chi connectivity index (χ0n) is 10.7. The third-order valence-electron chi connectivity index (χ3n) is 3.67. The van der Waals surface area contributed by atoms with E-state index in [1.54, 1.807) is 6.07 Å². The summed E-state index contributed by atoms with van der Waals surface area (Å²) in [4.78, 5) is 0. The average Bonchev–Trinajstić information content (AvgIpc) is 2.75. The molecule has 1 fully saturated rings. The highest BCUT2D eigenvalue weighted by Gasteiger charge is 2.31. The molecule has 1 aliphatic heterocycles. The summed E-state index contributed by atoms with van der Waals surface area (Å²) in [5.41, 5.74) is 1.11. The second kappa shape index (κ2) is 6.25. The van der Waals surface area contributed by atoms with E-state index in [2.05, 4.69) is 12.2 Å². The number of rotatable bonds is 4. The molecule has 3 atom stereocenters. The Balaban J connectivity index is 2.10. The van der Waals surface area contributed by atoms with Crippen LogP contribution in [0.1, 0.15) is 18.9 Å². The van der Waals surface area contributed by atoms with Gasteiger partial charge >= 0.3 is 0 Å². The first kappa shape index (κ1) is 14.1. The largest absolute Gasteiger partial charge is 0.376 e. The predicted octanol–water partition coefficient (Wildman–Crippen LogP) is 3.55. The molecule has 1 aromatic rings. The van der Waals surface area contributed by atoms with Gasteiger partial charge in [0.05, 0.1) is 6.10 Å². The second-order valence-corrected chi connectivity index (χ2v) is 5.78. The van der Waals surface area contributed by atoms with Gasteiger partial charge in [0.2, 0.25) is 0 Å². The Morgan fingerprint density at radius 2 is 2.22 bits per heavy atom. The molecule has 4 heteroatoms. The Morgan fingerprint density at radius 1 is 1.44 bits per heavy atom. The van der Waals surface area contributed by atoms with Crippen molar-refractivity contribution >= 4 is 23.2 Å². The average molecular weight is 288 g/mol. The molecule has 1 heterocycles. The van der Waals surface area contributed by atoms with Crippen LogP contribution >= 0.6 is 23.2 Å². The number of likely N-dealkylation sites (N-methyl/N-ethyl adjacent to an activating group) is 1. The summed E-state index contributed by atoms with van der Waals surface area (Å²) in [5, 5.41) is 4.75. The molecule has 1 aliphatic rings. The Bertz CT molecular complexity index is 411. The van der Waals surface area contributed by atoms with Gasteiger partial charge in [-0.3, -0.25) is 0 Å². The molecule has 2 nitrogen and oxygen atoms in total. The van der Waals surface area contributed by atoms with Gasteiger partial charge in [0, 0.05) is 22.7 Å². The van der Waals surface area contributed by atoms with E-state index in [1.807, 2.05) is 19.2 Å². The van der Waals surface area contributed by atoms with Crippen LogP contribution in [0.5, 0.6) is 0 Å². The van der Waals surface area contributed by atoms with Gasteiger partial charge in [0.1, 0.15) is 0 Å². The van der Waals surface area contributed by atoms with Crippen LogP contribution in [0, 0.1) is 5.92 Å². The minimum absolute atomic E-state index is 0.266. The third kappa shape index (κ3) is 3.18. The Morgan fingerprint density at radius 3 is 2.78 bits per heavy atom. The van der Waals surface area contributed by atoms with E-state index in [4.69, 9.17) is 27.9 Å². The summed E-state index contributed by atoms with van der Waals surface area (Å²) in [7, 11) is 1.98. The Kier molecular flexibility index (Phi) is 4.91. The van der Waals surface area contributed by atoms with Crippen LogP contribution in [0.3, 0.4) is 0 Å². The monoisotopic (exact) mass is 287 g/mol. The van der Waals surface area contributed by atoms with E-state index >= 15 is 0 Å². The van der Waals surface area contributed by atoms with Crippen LogP contribution in [0.2, 0.25) is 10.0 Å². The lowest BCUT2D eigenvalue weighted by atomic mass is 9.93. The topological polar surface area (TPSA) is 21.3 Å². The molecular weight excluding hydrogens is 269 g/mol. The van der Waals surface area contributed by atoms with Crippen molar-refractivity contribution in [3.63, 3.8) is 0 Å². The molecule has 100 valence electrons. The highest BCUT2D eigenvalue weighted by atomic mass is 35.5. The molecule has 0 amide bonds. The quantitative estimate of drug-likeness (QED) is 0.915. The van der Waals surface area contributed by atoms with E-state index in [0.717, 1.165) is 30.0 Å². The van der Waals surface area contributed by atoms with Crippen molar-refractivity contribution in [2.45, 2.75) is 31.9 Å². The molecule has 18 heavy (non-hydrogen) atoms. The first-order valence-electron chi connectivity index (χ1n) is 6.34. The fraction of sp³-hybridized carbons (Fsp3) is 0.571. The van der Waals surface area contributed by atoms with Crippen molar-refractivity contribution in [2.75, 3.05) is 13.7 Å². The van der Waals surface area contributed by atoms with Crippen LogP contribution in [-0.4, -0.2) is 25.8 Å². The fourth-order valence-corrected chi connectivity index (χ4v) is 3.02. The summed E-state index contributed by atoms with van der Waals surface area (Å²) in [5.74, 6) is 0.591. The number of nitrogens with one attached hydrogen (secondary N) is 1. The maximum Gasteiger partial charge on any atom is 0.0757 e. The zero-order valence-corrected chi connectivity index (χ0v) is 12.3. The van der Waals surface area contributed by atoms with Crippen molar-refractivity contribution < 1.29 is 4.74 Å². The lowest BCUT2D eigenvalue weighted by Crippen LogP contribution is -2.42. The normalized spacial score (nSPS) is 25.3. The van der Waals surface area contributed by atoms with Gasteiger partial charge in [-0.1, -0.05) is 36.2 Å². The van der Waals surface area contributed by atoms with Gasteiger partial charge in [-0.15, -0.1) is 0 Å². The van der Waals surface area contributed by atoms with Gasteiger partial charge in [0.25, 0.3) is 0 Å². The lowest BCUT2D eigenvalue weighted by Gasteiger charge is -2.26. The van der Waals surface area contributed by atoms with Gasteiger partial charge in [0.15, 0.2) is 0 Å². The Hall–Kier alpha value is -0.280. The Labute approximate surface area is 119 Å². The summed E-state index contributed by atoms with van der Waals surface area (Å²) in [6, 6.07) is 5.97. The fourth-order valence-electron chi connectivity index (χ4n) is 2.54. The van der Waals surface area contributed by atoms with Crippen molar-refractivity contribution in [1.29, 1.82) is 0 Å².